The van der Waals surface area contributed by atoms with Gasteiger partial charge in [-0.25, -0.2) is 0 Å². The van der Waals surface area contributed by atoms with Gasteiger partial charge in [-0.1, -0.05) is 0 Å². The van der Waals surface area contributed by atoms with Crippen molar-refractivity contribution in [1.29, 1.82) is 0 Å². The first kappa shape index (κ1) is 12.2. The minimum absolute atomic E-state index is 0.0695. The molecule has 0 radical (unpaired) electrons. The van der Waals surface area contributed by atoms with Crippen LogP contribution in [0.2, 0.25) is 0 Å². The average Bonchev–Trinajstić information content (AvgIpc) is 2.36. The summed E-state index contributed by atoms with van der Waals surface area (Å²) in [7, 11) is 0. The summed E-state index contributed by atoms with van der Waals surface area (Å²) >= 11 is 0.215. The van der Waals surface area contributed by atoms with Crippen LogP contribution in [0.25, 0.3) is 0 Å². The van der Waals surface area contributed by atoms with Gasteiger partial charge in [0.2, 0.25) is 0 Å². The van der Waals surface area contributed by atoms with E-state index in [-0.39, 0.29) is 31.9 Å². The molecule has 1 fully saturated rings. The normalized spacial score (nSPS) is 22.4. The first-order valence-electron chi connectivity index (χ1n) is 5.48. The Hall–Kier alpha value is -0.276. The molecule has 86 valence electrons. The average molecular weight is 283 g/mol. The van der Waals surface area contributed by atoms with Crippen LogP contribution in [0.15, 0.2) is 30.3 Å². The van der Waals surface area contributed by atoms with E-state index in [1.165, 1.54) is 4.46 Å². The molecule has 1 aromatic carbocycles. The van der Waals surface area contributed by atoms with E-state index in [0.29, 0.717) is 0 Å². The molecular weight excluding hydrogens is 266 g/mol. The molecule has 1 aromatic rings. The molecule has 0 N–H and O–H groups in total. The summed E-state index contributed by atoms with van der Waals surface area (Å²) in [6.45, 7) is 8.37. The van der Waals surface area contributed by atoms with Gasteiger partial charge in [0, 0.05) is 0 Å². The Morgan fingerprint density at radius 1 is 0.938 bits per heavy atom. The summed E-state index contributed by atoms with van der Waals surface area (Å²) in [5.74, 6) is -0.0695. The predicted octanol–water partition coefficient (Wildman–Crippen LogP) is 1.60. The Morgan fingerprint density at radius 3 is 1.94 bits per heavy atom. The Labute approximate surface area is 104 Å². The van der Waals surface area contributed by atoms with Gasteiger partial charge >= 0.3 is 104 Å². The molecule has 1 saturated heterocycles. The van der Waals surface area contributed by atoms with Crippen molar-refractivity contribution in [2.24, 2.45) is 0 Å². The zero-order valence-electron chi connectivity index (χ0n) is 10.2. The fourth-order valence-corrected chi connectivity index (χ4v) is 3.78. The van der Waals surface area contributed by atoms with Crippen LogP contribution in [0.5, 0.6) is 0 Å². The summed E-state index contributed by atoms with van der Waals surface area (Å²) in [5, 5.41) is 0. The van der Waals surface area contributed by atoms with Crippen LogP contribution in [0.3, 0.4) is 0 Å². The quantitative estimate of drug-likeness (QED) is 0.768. The number of rotatable bonds is 2. The summed E-state index contributed by atoms with van der Waals surface area (Å²) in [6, 6.07) is 10.4. The van der Waals surface area contributed by atoms with Crippen LogP contribution in [0, 0.1) is 0 Å². The molecule has 2 nitrogen and oxygen atoms in total. The van der Waals surface area contributed by atoms with Crippen LogP contribution in [0.1, 0.15) is 27.7 Å². The van der Waals surface area contributed by atoms with Gasteiger partial charge in [-0.05, 0) is 0 Å². The van der Waals surface area contributed by atoms with Crippen LogP contribution in [0.4, 0.5) is 0 Å². The van der Waals surface area contributed by atoms with Gasteiger partial charge < -0.3 is 0 Å². The van der Waals surface area contributed by atoms with E-state index in [2.05, 4.69) is 52.0 Å². The van der Waals surface area contributed by atoms with Crippen molar-refractivity contribution in [3.8, 4) is 0 Å². The van der Waals surface area contributed by atoms with Crippen LogP contribution >= 0.6 is 0 Å². The second-order valence-electron chi connectivity index (χ2n) is 4.98. The van der Waals surface area contributed by atoms with Crippen LogP contribution in [-0.4, -0.2) is 31.9 Å². The molecule has 0 bridgehead atoms. The molecule has 2 rings (SSSR count). The van der Waals surface area contributed by atoms with Crippen molar-refractivity contribution in [3.05, 3.63) is 30.3 Å². The van der Waals surface area contributed by atoms with E-state index in [1.807, 2.05) is 6.07 Å². The van der Waals surface area contributed by atoms with Crippen molar-refractivity contribution in [3.63, 3.8) is 0 Å². The van der Waals surface area contributed by atoms with Gasteiger partial charge in [0.05, 0.1) is 0 Å². The third kappa shape index (κ3) is 2.35. The van der Waals surface area contributed by atoms with Gasteiger partial charge in [0.25, 0.3) is 0 Å². The number of hydrogen-bond donors (Lipinski definition) is 0. The molecule has 16 heavy (non-hydrogen) atoms. The maximum absolute atomic E-state index is 5.97. The fourth-order valence-electron chi connectivity index (χ4n) is 1.45. The number of benzene rings is 1. The molecule has 1 aliphatic heterocycles. The van der Waals surface area contributed by atoms with Crippen molar-refractivity contribution in [2.75, 3.05) is 0 Å². The molecule has 4 heteroatoms. The van der Waals surface area contributed by atoms with Crippen molar-refractivity contribution >= 4 is 25.2 Å². The molecule has 0 aliphatic carbocycles. The van der Waals surface area contributed by atoms with E-state index in [9.17, 15) is 0 Å². The van der Waals surface area contributed by atoms with E-state index in [4.69, 9.17) is 9.31 Å². The third-order valence-corrected chi connectivity index (χ3v) is 5.16. The molecule has 0 aromatic heterocycles. The minimum atomic E-state index is -0.214. The van der Waals surface area contributed by atoms with Gasteiger partial charge in [0.1, 0.15) is 0 Å². The Morgan fingerprint density at radius 2 is 1.44 bits per heavy atom. The van der Waals surface area contributed by atoms with E-state index in [1.54, 1.807) is 0 Å². The van der Waals surface area contributed by atoms with Crippen LogP contribution in [-0.2, 0) is 9.31 Å². The summed E-state index contributed by atoms with van der Waals surface area (Å²) in [5.41, 5.74) is -0.428. The zero-order valence-corrected chi connectivity index (χ0v) is 11.9. The second-order valence-corrected chi connectivity index (χ2v) is 7.27. The zero-order chi connectivity index (χ0) is 11.8. The standard InChI is InChI=1S/C12H17BO2Se/c1-11(2)12(3,4)15-13(14-11)16-10-8-6-5-7-9-10/h5-9H,1-4H3. The molecule has 0 saturated carbocycles. The predicted molar refractivity (Wildman–Crippen MR) is 67.9 cm³/mol. The summed E-state index contributed by atoms with van der Waals surface area (Å²) < 4.78 is 13.3. The molecule has 0 amide bonds. The van der Waals surface area contributed by atoms with Crippen molar-refractivity contribution < 1.29 is 9.31 Å². The molecule has 0 atom stereocenters. The van der Waals surface area contributed by atoms with Crippen molar-refractivity contribution in [1.82, 2.24) is 0 Å². The molecule has 1 heterocycles. The fraction of sp³-hybridized carbons (Fsp3) is 0.500. The monoisotopic (exact) mass is 284 g/mol. The van der Waals surface area contributed by atoms with E-state index >= 15 is 0 Å². The van der Waals surface area contributed by atoms with E-state index < -0.39 is 0 Å². The summed E-state index contributed by atoms with van der Waals surface area (Å²) in [6.07, 6.45) is 0. The number of hydrogen-bond acceptors (Lipinski definition) is 2. The topological polar surface area (TPSA) is 18.5 Å². The van der Waals surface area contributed by atoms with E-state index in [0.717, 1.165) is 0 Å². The Bertz CT molecular complexity index is 349. The second kappa shape index (κ2) is 4.19. The SMILES string of the molecule is CC1(C)OB([Se]c2ccccc2)OC1(C)C. The Kier molecular flexibility index (Phi) is 3.19. The van der Waals surface area contributed by atoms with Gasteiger partial charge in [0.15, 0.2) is 0 Å². The first-order valence-corrected chi connectivity index (χ1v) is 7.33. The molecule has 0 spiro atoms. The molecule has 1 aliphatic rings. The molecular formula is C12H17BO2Se. The maximum atomic E-state index is 5.97. The summed E-state index contributed by atoms with van der Waals surface area (Å²) in [4.78, 5) is 0. The van der Waals surface area contributed by atoms with Crippen LogP contribution < -0.4 is 4.46 Å². The van der Waals surface area contributed by atoms with Gasteiger partial charge in [-0.15, -0.1) is 0 Å². The van der Waals surface area contributed by atoms with Gasteiger partial charge in [-0.2, -0.15) is 0 Å². The Balaban J connectivity index is 2.05. The van der Waals surface area contributed by atoms with Gasteiger partial charge in [-0.3, -0.25) is 0 Å². The third-order valence-electron chi connectivity index (χ3n) is 3.21. The first-order chi connectivity index (χ1) is 7.41. The van der Waals surface area contributed by atoms with Crippen molar-refractivity contribution in [2.45, 2.75) is 38.9 Å². The molecule has 0 unspecified atom stereocenters.